The van der Waals surface area contributed by atoms with E-state index in [0.717, 1.165) is 0 Å². The van der Waals surface area contributed by atoms with Crippen LogP contribution in [-0.4, -0.2) is 84.0 Å². The Labute approximate surface area is 301 Å². The molecule has 2 aliphatic rings. The summed E-state index contributed by atoms with van der Waals surface area (Å²) in [6.45, 7) is 11.8. The summed E-state index contributed by atoms with van der Waals surface area (Å²) in [5.41, 5.74) is 0. The molecule has 0 saturated heterocycles. The van der Waals surface area contributed by atoms with Gasteiger partial charge in [-0.25, -0.2) is 0 Å². The fraction of sp³-hybridized carbons (Fsp3) is 0.864. The van der Waals surface area contributed by atoms with E-state index in [4.69, 9.17) is 0 Å². The summed E-state index contributed by atoms with van der Waals surface area (Å²) in [6.07, 6.45) is 48.2. The van der Waals surface area contributed by atoms with E-state index in [2.05, 4.69) is 71.2 Å². The third-order valence-electron chi connectivity index (χ3n) is 11.0. The molecule has 2 rings (SSSR count). The summed E-state index contributed by atoms with van der Waals surface area (Å²) >= 11 is 0. The minimum Gasteiger partial charge on any atom is -0.264 e. The molecule has 0 aromatic rings. The fourth-order valence-electron chi connectivity index (χ4n) is 7.67. The van der Waals surface area contributed by atoms with Crippen molar-refractivity contribution in [3.63, 3.8) is 0 Å². The summed E-state index contributed by atoms with van der Waals surface area (Å²) in [4.78, 5) is 5.43. The van der Waals surface area contributed by atoms with Crippen LogP contribution >= 0.6 is 0 Å². The van der Waals surface area contributed by atoms with E-state index in [0.29, 0.717) is 0 Å². The quantitative estimate of drug-likeness (QED) is 0.0392. The lowest BCUT2D eigenvalue weighted by Crippen LogP contribution is -2.39. The van der Waals surface area contributed by atoms with Crippen molar-refractivity contribution in [2.24, 2.45) is 0 Å². The summed E-state index contributed by atoms with van der Waals surface area (Å²) in [5.74, 6) is 3.22. The van der Waals surface area contributed by atoms with Crippen molar-refractivity contribution in [2.45, 2.75) is 194 Å². The molecule has 2 aliphatic heterocycles. The minimum absolute atomic E-state index is 1.19. The zero-order chi connectivity index (χ0) is 34.3. The second-order valence-corrected chi connectivity index (χ2v) is 15.3. The molecule has 0 saturated carbocycles. The largest absolute Gasteiger partial charge is 0.264 e. The standard InChI is InChI=1S/C44H84N4/c1-5-7-9-11-13-15-17-19-21-23-25-27-29-31-33-35-43-45(3)37-39-47(43)41-42-48-40-38-46(4)44(48)36-34-32-30-28-26-24-22-20-18-16-14-12-10-8-6-2/h19-22H,5-18,23-42H2,1-4H3/q+2/b21-19+,22-20+. The van der Waals surface area contributed by atoms with Gasteiger partial charge in [-0.15, -0.1) is 0 Å². The van der Waals surface area contributed by atoms with Gasteiger partial charge in [0.05, 0.1) is 14.1 Å². The van der Waals surface area contributed by atoms with E-state index in [1.54, 1.807) is 11.7 Å². The second kappa shape index (κ2) is 30.3. The molecule has 0 N–H and O–H groups in total. The van der Waals surface area contributed by atoms with Crippen LogP contribution in [0.4, 0.5) is 0 Å². The Bertz CT molecular complexity index is 812. The third-order valence-corrected chi connectivity index (χ3v) is 11.0. The van der Waals surface area contributed by atoms with Gasteiger partial charge in [-0.2, -0.15) is 0 Å². The number of rotatable bonds is 33. The van der Waals surface area contributed by atoms with Crippen LogP contribution in [0.5, 0.6) is 0 Å². The van der Waals surface area contributed by atoms with Crippen LogP contribution < -0.4 is 0 Å². The predicted molar refractivity (Wildman–Crippen MR) is 214 cm³/mol. The SMILES string of the molecule is CCCCCCCC/C=C/CCCCCCCC1=[N+](C)CCN1CCN1CC[N+](C)=C1CCCCCCC/C=C/CCCCCCCC. The van der Waals surface area contributed by atoms with Crippen LogP contribution in [0.25, 0.3) is 0 Å². The number of hydrogen-bond acceptors (Lipinski definition) is 2. The second-order valence-electron chi connectivity index (χ2n) is 15.3. The van der Waals surface area contributed by atoms with Crippen molar-refractivity contribution in [1.82, 2.24) is 9.80 Å². The smallest absolute Gasteiger partial charge is 0.246 e. The Balaban J connectivity index is 1.49. The first kappa shape index (κ1) is 42.6. The molecular formula is C44H84N4+2. The molecule has 0 aliphatic carbocycles. The van der Waals surface area contributed by atoms with Gasteiger partial charge in [0.25, 0.3) is 0 Å². The fourth-order valence-corrected chi connectivity index (χ4v) is 7.67. The number of allylic oxidation sites excluding steroid dienone is 4. The lowest BCUT2D eigenvalue weighted by molar-refractivity contribution is -0.487. The van der Waals surface area contributed by atoms with Gasteiger partial charge in [-0.1, -0.05) is 141 Å². The van der Waals surface area contributed by atoms with E-state index in [1.165, 1.54) is 219 Å². The molecule has 0 spiro atoms. The van der Waals surface area contributed by atoms with Crippen LogP contribution in [-0.2, 0) is 0 Å². The molecule has 48 heavy (non-hydrogen) atoms. The molecule has 0 radical (unpaired) electrons. The number of amidine groups is 2. The van der Waals surface area contributed by atoms with Gasteiger partial charge >= 0.3 is 0 Å². The van der Waals surface area contributed by atoms with Crippen LogP contribution in [0.2, 0.25) is 0 Å². The lowest BCUT2D eigenvalue weighted by atomic mass is 10.1. The monoisotopic (exact) mass is 669 g/mol. The molecule has 0 amide bonds. The Morgan fingerprint density at radius 1 is 0.417 bits per heavy atom. The topological polar surface area (TPSA) is 12.5 Å². The lowest BCUT2D eigenvalue weighted by Gasteiger charge is -2.17. The van der Waals surface area contributed by atoms with Crippen LogP contribution in [0.3, 0.4) is 0 Å². The molecule has 0 aromatic carbocycles. The van der Waals surface area contributed by atoms with E-state index in [9.17, 15) is 0 Å². The molecule has 4 heteroatoms. The first-order valence-electron chi connectivity index (χ1n) is 21.6. The van der Waals surface area contributed by atoms with Crippen molar-refractivity contribution in [3.05, 3.63) is 24.3 Å². The first-order chi connectivity index (χ1) is 23.7. The summed E-state index contributed by atoms with van der Waals surface area (Å²) < 4.78 is 5.08. The van der Waals surface area contributed by atoms with Gasteiger partial charge in [0.1, 0.15) is 39.3 Å². The molecular weight excluding hydrogens is 585 g/mol. The summed E-state index contributed by atoms with van der Waals surface area (Å²) in [7, 11) is 4.64. The maximum Gasteiger partial charge on any atom is 0.246 e. The molecule has 0 bridgehead atoms. The van der Waals surface area contributed by atoms with E-state index >= 15 is 0 Å². The molecule has 0 unspecified atom stereocenters. The van der Waals surface area contributed by atoms with Gasteiger partial charge in [0.15, 0.2) is 0 Å². The van der Waals surface area contributed by atoms with E-state index < -0.39 is 0 Å². The molecule has 2 heterocycles. The maximum atomic E-state index is 2.71. The van der Waals surface area contributed by atoms with Crippen molar-refractivity contribution < 1.29 is 9.15 Å². The number of hydrogen-bond donors (Lipinski definition) is 0. The molecule has 0 aromatic heterocycles. The van der Waals surface area contributed by atoms with E-state index in [-0.39, 0.29) is 0 Å². The average Bonchev–Trinajstić information content (AvgIpc) is 3.63. The van der Waals surface area contributed by atoms with Gasteiger partial charge in [0.2, 0.25) is 11.7 Å². The third kappa shape index (κ3) is 20.8. The zero-order valence-electron chi connectivity index (χ0n) is 33.1. The summed E-state index contributed by atoms with van der Waals surface area (Å²) in [5, 5.41) is 0. The normalized spacial score (nSPS) is 15.6. The van der Waals surface area contributed by atoms with Gasteiger partial charge in [0, 0.05) is 12.8 Å². The Morgan fingerprint density at radius 3 is 1.04 bits per heavy atom. The Kier molecular flexibility index (Phi) is 26.8. The first-order valence-corrected chi connectivity index (χ1v) is 21.6. The highest BCUT2D eigenvalue weighted by Gasteiger charge is 2.32. The zero-order valence-corrected chi connectivity index (χ0v) is 33.1. The van der Waals surface area contributed by atoms with Crippen molar-refractivity contribution >= 4 is 11.7 Å². The Morgan fingerprint density at radius 2 is 0.708 bits per heavy atom. The predicted octanol–water partition coefficient (Wildman–Crippen LogP) is 11.8. The van der Waals surface area contributed by atoms with Crippen LogP contribution in [0.15, 0.2) is 24.3 Å². The molecule has 278 valence electrons. The summed E-state index contributed by atoms with van der Waals surface area (Å²) in [6, 6.07) is 0. The minimum atomic E-state index is 1.19. The highest BCUT2D eigenvalue weighted by atomic mass is 15.3. The van der Waals surface area contributed by atoms with Crippen molar-refractivity contribution in [3.8, 4) is 0 Å². The van der Waals surface area contributed by atoms with E-state index in [1.807, 2.05) is 0 Å². The van der Waals surface area contributed by atoms with Crippen molar-refractivity contribution in [2.75, 3.05) is 53.4 Å². The number of likely N-dealkylation sites (N-methyl/N-ethyl adjacent to an activating group) is 2. The molecule has 0 atom stereocenters. The average molecular weight is 669 g/mol. The maximum absolute atomic E-state index is 2.71. The van der Waals surface area contributed by atoms with Crippen LogP contribution in [0, 0.1) is 0 Å². The molecule has 0 fully saturated rings. The van der Waals surface area contributed by atoms with Gasteiger partial charge in [-0.3, -0.25) is 19.0 Å². The Hall–Kier alpha value is -1.58. The number of nitrogens with zero attached hydrogens (tertiary/aromatic N) is 4. The highest BCUT2D eigenvalue weighted by Crippen LogP contribution is 2.16. The van der Waals surface area contributed by atoms with Gasteiger partial charge in [-0.05, 0) is 64.2 Å². The van der Waals surface area contributed by atoms with Gasteiger partial charge < -0.3 is 0 Å². The van der Waals surface area contributed by atoms with Crippen LogP contribution in [0.1, 0.15) is 194 Å². The number of unbranched alkanes of at least 4 members (excludes halogenated alkanes) is 22. The highest BCUT2D eigenvalue weighted by molar-refractivity contribution is 5.79. The molecule has 4 nitrogen and oxygen atoms in total. The van der Waals surface area contributed by atoms with Crippen molar-refractivity contribution in [1.29, 1.82) is 0 Å².